The number of allylic oxidation sites excluding steroid dienone is 1. The Morgan fingerprint density at radius 1 is 1.12 bits per heavy atom. The maximum atomic E-state index is 12.9. The topological polar surface area (TPSA) is 136 Å². The zero-order valence-corrected chi connectivity index (χ0v) is 20.4. The second kappa shape index (κ2) is 8.62. The molecule has 0 radical (unpaired) electrons. The number of halogens is 1. The average Bonchev–Trinajstić information content (AvgIpc) is 2.96. The molecule has 1 aliphatic heterocycles. The van der Waals surface area contributed by atoms with Gasteiger partial charge in [0.2, 0.25) is 0 Å². The van der Waals surface area contributed by atoms with Gasteiger partial charge in [0.25, 0.3) is 0 Å². The summed E-state index contributed by atoms with van der Waals surface area (Å²) in [4.78, 5) is 49.8. The van der Waals surface area contributed by atoms with Crippen LogP contribution in [-0.4, -0.2) is 68.8 Å². The van der Waals surface area contributed by atoms with Crippen molar-refractivity contribution in [3.05, 3.63) is 36.5 Å². The molecule has 0 amide bonds. The molecular weight excluding hydrogens is 468 g/mol. The highest BCUT2D eigenvalue weighted by atomic mass is 35.5. The minimum absolute atomic E-state index is 0.232. The van der Waals surface area contributed by atoms with Crippen LogP contribution in [0.25, 0.3) is 0 Å². The van der Waals surface area contributed by atoms with Crippen LogP contribution in [0.15, 0.2) is 36.5 Å². The van der Waals surface area contributed by atoms with Gasteiger partial charge in [0.15, 0.2) is 17.5 Å². The second-order valence-corrected chi connectivity index (χ2v) is 10.0. The van der Waals surface area contributed by atoms with E-state index < -0.39 is 75.8 Å². The molecule has 2 aliphatic carbocycles. The third-order valence-electron chi connectivity index (χ3n) is 7.18. The smallest absolute Gasteiger partial charge is 0.312 e. The summed E-state index contributed by atoms with van der Waals surface area (Å²) in [6, 6.07) is 0. The molecule has 10 heteroatoms. The predicted octanol–water partition coefficient (Wildman–Crippen LogP) is 1.39. The Balaban J connectivity index is 2.41. The van der Waals surface area contributed by atoms with Gasteiger partial charge >= 0.3 is 17.9 Å². The van der Waals surface area contributed by atoms with E-state index in [1.165, 1.54) is 39.0 Å². The maximum absolute atomic E-state index is 12.9. The Labute approximate surface area is 202 Å². The van der Waals surface area contributed by atoms with Crippen molar-refractivity contribution >= 4 is 35.3 Å². The summed E-state index contributed by atoms with van der Waals surface area (Å²) in [7, 11) is 0. The van der Waals surface area contributed by atoms with Crippen LogP contribution >= 0.6 is 11.6 Å². The van der Waals surface area contributed by atoms with Crippen molar-refractivity contribution in [2.45, 2.75) is 69.5 Å². The Bertz CT molecular complexity index is 998. The number of carbonyl (C=O) groups is 4. The van der Waals surface area contributed by atoms with E-state index in [2.05, 4.69) is 6.58 Å². The minimum Gasteiger partial charge on any atom is -0.459 e. The summed E-state index contributed by atoms with van der Waals surface area (Å²) in [6.07, 6.45) is 1.34. The molecule has 3 aliphatic rings. The summed E-state index contributed by atoms with van der Waals surface area (Å²) in [5.41, 5.74) is -5.65. The lowest BCUT2D eigenvalue weighted by Gasteiger charge is -2.54. The number of ether oxygens (including phenoxy) is 3. The van der Waals surface area contributed by atoms with Crippen LogP contribution < -0.4 is 0 Å². The first-order chi connectivity index (χ1) is 15.6. The van der Waals surface area contributed by atoms with E-state index in [1.807, 2.05) is 0 Å². The third-order valence-corrected chi connectivity index (χ3v) is 7.69. The number of fused-ring (bicyclic) bond motifs is 2. The second-order valence-electron chi connectivity index (χ2n) is 9.55. The fraction of sp³-hybridized carbons (Fsp3) is 0.583. The van der Waals surface area contributed by atoms with E-state index in [0.29, 0.717) is 0 Å². The van der Waals surface area contributed by atoms with E-state index in [0.717, 1.165) is 13.0 Å². The largest absolute Gasteiger partial charge is 0.459 e. The lowest BCUT2D eigenvalue weighted by Crippen LogP contribution is -2.69. The van der Waals surface area contributed by atoms with Gasteiger partial charge in [0, 0.05) is 25.2 Å². The summed E-state index contributed by atoms with van der Waals surface area (Å²) in [6.45, 7) is 10.4. The average molecular weight is 497 g/mol. The van der Waals surface area contributed by atoms with Crippen molar-refractivity contribution in [3.8, 4) is 0 Å². The zero-order valence-electron chi connectivity index (χ0n) is 19.6. The summed E-state index contributed by atoms with van der Waals surface area (Å²) in [5, 5.41) is 22.4. The van der Waals surface area contributed by atoms with Crippen molar-refractivity contribution in [1.29, 1.82) is 0 Å². The molecule has 1 fully saturated rings. The third kappa shape index (κ3) is 3.89. The van der Waals surface area contributed by atoms with Crippen molar-refractivity contribution < 1.29 is 43.6 Å². The van der Waals surface area contributed by atoms with Crippen LogP contribution in [0.2, 0.25) is 0 Å². The number of esters is 3. The zero-order chi connectivity index (χ0) is 25.8. The Hall–Kier alpha value is -2.49. The molecular formula is C24H29ClO9. The number of rotatable bonds is 2. The van der Waals surface area contributed by atoms with Crippen molar-refractivity contribution in [3.63, 3.8) is 0 Å². The van der Waals surface area contributed by atoms with Gasteiger partial charge in [-0.15, -0.1) is 11.6 Å². The SMILES string of the molecule is C=C1/C=C\C(OC(C)=O)[C@@]2(C)C=CC(=O)[C@@](C)(O)[C@@H]2C(OC(C)=O)[C@]2(O)[C@@H](C)C(=O)O[C@H]2[C@H]1Cl. The van der Waals surface area contributed by atoms with Gasteiger partial charge in [-0.2, -0.15) is 0 Å². The van der Waals surface area contributed by atoms with E-state index in [4.69, 9.17) is 25.8 Å². The maximum Gasteiger partial charge on any atom is 0.312 e. The lowest BCUT2D eigenvalue weighted by molar-refractivity contribution is -0.224. The summed E-state index contributed by atoms with van der Waals surface area (Å²) >= 11 is 6.58. The monoisotopic (exact) mass is 496 g/mol. The number of hydrogen-bond donors (Lipinski definition) is 2. The van der Waals surface area contributed by atoms with Gasteiger partial charge in [-0.3, -0.25) is 19.2 Å². The molecule has 0 aromatic carbocycles. The Morgan fingerprint density at radius 3 is 2.26 bits per heavy atom. The van der Waals surface area contributed by atoms with E-state index in [1.54, 1.807) is 6.92 Å². The molecule has 2 unspecified atom stereocenters. The Kier molecular flexibility index (Phi) is 6.62. The normalized spacial score (nSPS) is 45.0. The first kappa shape index (κ1) is 26.1. The molecule has 9 nitrogen and oxygen atoms in total. The van der Waals surface area contributed by atoms with Gasteiger partial charge < -0.3 is 24.4 Å². The van der Waals surface area contributed by atoms with E-state index >= 15 is 0 Å². The van der Waals surface area contributed by atoms with Crippen LogP contribution in [0.5, 0.6) is 0 Å². The molecule has 3 rings (SSSR count). The molecule has 186 valence electrons. The minimum atomic E-state index is -2.27. The van der Waals surface area contributed by atoms with Gasteiger partial charge in [0.05, 0.1) is 11.3 Å². The quantitative estimate of drug-likeness (QED) is 0.330. The van der Waals surface area contributed by atoms with Crippen LogP contribution in [-0.2, 0) is 33.4 Å². The van der Waals surface area contributed by atoms with Crippen molar-refractivity contribution in [2.24, 2.45) is 17.3 Å². The molecule has 9 atom stereocenters. The molecule has 2 N–H and O–H groups in total. The number of hydrogen-bond acceptors (Lipinski definition) is 9. The molecule has 34 heavy (non-hydrogen) atoms. The fourth-order valence-electron chi connectivity index (χ4n) is 5.30. The van der Waals surface area contributed by atoms with E-state index in [-0.39, 0.29) is 5.57 Å². The van der Waals surface area contributed by atoms with Crippen LogP contribution in [0.1, 0.15) is 34.6 Å². The van der Waals surface area contributed by atoms with Gasteiger partial charge in [-0.1, -0.05) is 25.7 Å². The fourth-order valence-corrected chi connectivity index (χ4v) is 5.62. The van der Waals surface area contributed by atoms with Crippen molar-refractivity contribution in [1.82, 2.24) is 0 Å². The summed E-state index contributed by atoms with van der Waals surface area (Å²) in [5.74, 6) is -5.67. The Morgan fingerprint density at radius 2 is 1.71 bits per heavy atom. The highest BCUT2D eigenvalue weighted by Crippen LogP contribution is 2.54. The first-order valence-corrected chi connectivity index (χ1v) is 11.3. The first-order valence-electron chi connectivity index (χ1n) is 10.8. The molecule has 0 saturated carbocycles. The number of alkyl halides is 1. The van der Waals surface area contributed by atoms with Crippen LogP contribution in [0.4, 0.5) is 0 Å². The van der Waals surface area contributed by atoms with Gasteiger partial charge in [0.1, 0.15) is 17.8 Å². The highest BCUT2D eigenvalue weighted by Gasteiger charge is 2.70. The van der Waals surface area contributed by atoms with Crippen molar-refractivity contribution in [2.75, 3.05) is 0 Å². The standard InChI is InChI=1S/C24H29ClO9/c1-11-7-8-16(32-13(3)26)22(5)10-9-15(28)23(6,30)18(22)20(33-14(4)27)24(31)12(2)21(29)34-19(24)17(11)25/h7-10,12,16-20,30-31H,1H2,2-6H3/b8-7-/t12-,16?,17-,18+,19-,20?,22+,23+,24-/m0/s1. The molecule has 0 bridgehead atoms. The van der Waals surface area contributed by atoms with E-state index in [9.17, 15) is 29.4 Å². The van der Waals surface area contributed by atoms with Gasteiger partial charge in [-0.05, 0) is 31.6 Å². The lowest BCUT2D eigenvalue weighted by atomic mass is 9.55. The summed E-state index contributed by atoms with van der Waals surface area (Å²) < 4.78 is 16.6. The molecule has 1 saturated heterocycles. The molecule has 0 spiro atoms. The van der Waals surface area contributed by atoms with Crippen LogP contribution in [0, 0.1) is 17.3 Å². The number of aliphatic hydroxyl groups is 2. The predicted molar refractivity (Wildman–Crippen MR) is 119 cm³/mol. The number of ketones is 1. The molecule has 1 heterocycles. The van der Waals surface area contributed by atoms with Gasteiger partial charge in [-0.25, -0.2) is 0 Å². The highest BCUT2D eigenvalue weighted by molar-refractivity contribution is 6.23. The molecule has 0 aromatic rings. The van der Waals surface area contributed by atoms with Crippen LogP contribution in [0.3, 0.4) is 0 Å². The number of carbonyl (C=O) groups excluding carboxylic acids is 4. The molecule has 0 aromatic heterocycles.